The molecular weight excluding hydrogens is 1400 g/mol. The monoisotopic (exact) mass is 1460 g/mol. The van der Waals surface area contributed by atoms with Crippen molar-refractivity contribution in [2.24, 2.45) is 0 Å². The van der Waals surface area contributed by atoms with Gasteiger partial charge in [0.2, 0.25) is 5.69 Å². The molecule has 0 N–H and O–H groups in total. The van der Waals surface area contributed by atoms with Crippen LogP contribution in [0.4, 0.5) is 5.69 Å². The van der Waals surface area contributed by atoms with Crippen molar-refractivity contribution in [3.63, 3.8) is 0 Å². The van der Waals surface area contributed by atoms with Gasteiger partial charge in [0.15, 0.2) is 69.9 Å². The quantitative estimate of drug-likeness (QED) is 0.0881. The van der Waals surface area contributed by atoms with E-state index in [1.807, 2.05) is 267 Å². The first-order valence-electron chi connectivity index (χ1n) is 37.1. The van der Waals surface area contributed by atoms with E-state index in [-0.39, 0.29) is 5.69 Å². The van der Waals surface area contributed by atoms with Crippen LogP contribution in [0.2, 0.25) is 0 Å². The van der Waals surface area contributed by atoms with Gasteiger partial charge < -0.3 is 9.13 Å². The van der Waals surface area contributed by atoms with Gasteiger partial charge in [-0.15, -0.1) is 0 Å². The Balaban J connectivity index is 0.897. The molecule has 114 heavy (non-hydrogen) atoms. The Kier molecular flexibility index (Phi) is 16.9. The average molecular weight is 1460 g/mol. The molecule has 0 aliphatic rings. The highest BCUT2D eigenvalue weighted by molar-refractivity contribution is 6.14. The number of nitriles is 1. The van der Waals surface area contributed by atoms with Crippen molar-refractivity contribution in [3.8, 4) is 165 Å². The summed E-state index contributed by atoms with van der Waals surface area (Å²) in [6.07, 6.45) is 0. The summed E-state index contributed by atoms with van der Waals surface area (Å²) in [6.45, 7) is 10.1. The van der Waals surface area contributed by atoms with Crippen LogP contribution in [-0.4, -0.2) is 68.9 Å². The number of fused-ring (bicyclic) bond motifs is 6. The fourth-order valence-electron chi connectivity index (χ4n) is 14.9. The first-order valence-corrected chi connectivity index (χ1v) is 37.1. The number of benzene rings is 14. The Morgan fingerprint density at radius 3 is 0.711 bits per heavy atom. The lowest BCUT2D eigenvalue weighted by atomic mass is 9.99. The number of aromatic nitrogens is 14. The Morgan fingerprint density at radius 1 is 0.228 bits per heavy atom. The van der Waals surface area contributed by atoms with Gasteiger partial charge in [-0.3, -0.25) is 0 Å². The minimum absolute atomic E-state index is 0.269. The topological polar surface area (TPSA) is 193 Å². The summed E-state index contributed by atoms with van der Waals surface area (Å²) in [7, 11) is 0. The molecule has 6 aromatic heterocycles. The molecule has 14 aromatic carbocycles. The number of hydrogen-bond donors (Lipinski definition) is 0. The van der Waals surface area contributed by atoms with Gasteiger partial charge in [-0.2, -0.15) is 5.26 Å². The van der Waals surface area contributed by atoms with Gasteiger partial charge in [-0.1, -0.05) is 309 Å². The molecule has 0 amide bonds. The van der Waals surface area contributed by atoms with E-state index >= 15 is 0 Å². The zero-order valence-corrected chi connectivity index (χ0v) is 60.6. The zero-order valence-electron chi connectivity index (χ0n) is 60.6. The Labute approximate surface area is 653 Å². The molecule has 20 rings (SSSR count). The van der Waals surface area contributed by atoms with Crippen molar-refractivity contribution in [2.75, 3.05) is 0 Å². The minimum atomic E-state index is 0.269. The minimum Gasteiger partial charge on any atom is -0.319 e. The van der Waals surface area contributed by atoms with Gasteiger partial charge in [0.05, 0.1) is 51.6 Å². The third kappa shape index (κ3) is 12.4. The molecule has 0 atom stereocenters. The molecule has 20 aromatic rings. The maximum absolute atomic E-state index is 10.8. The van der Waals surface area contributed by atoms with Gasteiger partial charge in [0.25, 0.3) is 0 Å². The van der Waals surface area contributed by atoms with E-state index < -0.39 is 0 Å². The zero-order chi connectivity index (χ0) is 76.0. The van der Waals surface area contributed by atoms with Crippen LogP contribution < -0.4 is 0 Å². The average Bonchev–Trinajstić information content (AvgIpc) is 1.50. The van der Waals surface area contributed by atoms with Crippen molar-refractivity contribution in [1.29, 1.82) is 5.26 Å². The molecule has 0 unspecified atom stereocenters. The molecule has 6 heterocycles. The SMILES string of the molecule is [C-]#[N+]c1c(-n2c3cc(-c4nc(-c5ccccc5)nc(-c5ccccc5)n4)ccc3c3ccc(-c4nc(-c5ccccc5)nc(-c5ccccc5)n4)cc32)ccc(-c2cccc(C#N)c2)c1-n1c2cc(-c3nc(-c4ccccc4)nc(-c4ccccc4)n3)ccc2c2ccc(-c3nc(-c4ccccc4)nc(-c4ccccc4)n3)cc21. The van der Waals surface area contributed by atoms with Crippen LogP contribution >= 0.6 is 0 Å². The maximum Gasteiger partial charge on any atom is 0.234 e. The fraction of sp³-hybridized carbons (Fsp3) is 0. The molecular formula is C98H58N16. The van der Waals surface area contributed by atoms with Crippen LogP contribution in [0.15, 0.2) is 352 Å². The normalized spacial score (nSPS) is 11.3. The van der Waals surface area contributed by atoms with Crippen LogP contribution in [-0.2, 0) is 0 Å². The number of nitrogens with zero attached hydrogens (tertiary/aromatic N) is 16. The predicted molar refractivity (Wildman–Crippen MR) is 450 cm³/mol. The van der Waals surface area contributed by atoms with Crippen molar-refractivity contribution in [1.82, 2.24) is 68.9 Å². The van der Waals surface area contributed by atoms with E-state index in [0.717, 1.165) is 88.1 Å². The van der Waals surface area contributed by atoms with E-state index in [4.69, 9.17) is 64.7 Å². The van der Waals surface area contributed by atoms with E-state index in [2.05, 4.69) is 94.1 Å². The lowest BCUT2D eigenvalue weighted by Crippen LogP contribution is -2.04. The van der Waals surface area contributed by atoms with Gasteiger partial charge in [0.1, 0.15) is 0 Å². The molecule has 0 aliphatic heterocycles. The summed E-state index contributed by atoms with van der Waals surface area (Å²) in [5, 5.41) is 14.3. The van der Waals surface area contributed by atoms with Crippen molar-refractivity contribution >= 4 is 49.3 Å². The highest BCUT2D eigenvalue weighted by Gasteiger charge is 2.28. The number of rotatable bonds is 15. The highest BCUT2D eigenvalue weighted by atomic mass is 15.1. The predicted octanol–water partition coefficient (Wildman–Crippen LogP) is 22.7. The molecule has 0 radical (unpaired) electrons. The molecule has 0 fully saturated rings. The third-order valence-electron chi connectivity index (χ3n) is 20.4. The standard InChI is InChI=1S/C98H58N16/c1-100-85-80(113-81-56-71(95-105-87(62-28-10-2-11-29-62)101-88(106-95)63-30-12-3-13-31-63)45-49-76(81)77-50-46-72(57-82(77)113)96-107-89(64-32-14-4-15-33-64)102-90(108-96)65-34-16-5-17-35-65)54-53-75(70-44-26-27-61(55-70)60-99)86(85)114-83-58-73(97-109-91(66-36-18-6-19-37-66)103-92(110-97)67-38-20-7-21-39-67)47-51-78(83)79-52-48-74(59-84(79)114)98-111-93(68-40-22-8-23-41-68)104-94(112-98)69-42-24-9-25-43-69/h2-59H. The summed E-state index contributed by atoms with van der Waals surface area (Å²) < 4.78 is 4.36. The van der Waals surface area contributed by atoms with Crippen LogP contribution in [0.1, 0.15) is 5.56 Å². The Bertz CT molecular complexity index is 6620. The first kappa shape index (κ1) is 67.1. The summed E-state index contributed by atoms with van der Waals surface area (Å²) in [6, 6.07) is 119. The lowest BCUT2D eigenvalue weighted by Gasteiger charge is -2.21. The van der Waals surface area contributed by atoms with E-state index in [0.29, 0.717) is 120 Å². The highest BCUT2D eigenvalue weighted by Crippen LogP contribution is 2.48. The van der Waals surface area contributed by atoms with E-state index in [9.17, 15) is 11.8 Å². The van der Waals surface area contributed by atoms with Crippen molar-refractivity contribution < 1.29 is 0 Å². The smallest absolute Gasteiger partial charge is 0.234 e. The number of hydrogen-bond acceptors (Lipinski definition) is 13. The third-order valence-corrected chi connectivity index (χ3v) is 20.4. The molecule has 0 saturated heterocycles. The van der Waals surface area contributed by atoms with Crippen LogP contribution in [0.3, 0.4) is 0 Å². The van der Waals surface area contributed by atoms with Crippen LogP contribution in [0.25, 0.3) is 208 Å². The van der Waals surface area contributed by atoms with Gasteiger partial charge in [-0.05, 0) is 53.6 Å². The van der Waals surface area contributed by atoms with E-state index in [1.54, 1.807) is 6.07 Å². The molecule has 0 bridgehead atoms. The Hall–Kier alpha value is -16.3. The fourth-order valence-corrected chi connectivity index (χ4v) is 14.9. The van der Waals surface area contributed by atoms with Crippen molar-refractivity contribution in [2.45, 2.75) is 0 Å². The Morgan fingerprint density at radius 2 is 0.465 bits per heavy atom. The summed E-state index contributed by atoms with van der Waals surface area (Å²) >= 11 is 0. The second-order valence-corrected chi connectivity index (χ2v) is 27.4. The molecule has 530 valence electrons. The van der Waals surface area contributed by atoms with Crippen LogP contribution in [0, 0.1) is 17.9 Å². The van der Waals surface area contributed by atoms with Gasteiger partial charge >= 0.3 is 0 Å². The molecule has 0 spiro atoms. The summed E-state index contributed by atoms with van der Waals surface area (Å²) in [4.78, 5) is 67.4. The summed E-state index contributed by atoms with van der Waals surface area (Å²) in [5.41, 5.74) is 15.4. The van der Waals surface area contributed by atoms with Gasteiger partial charge in [-0.25, -0.2) is 64.7 Å². The summed E-state index contributed by atoms with van der Waals surface area (Å²) in [5.74, 6) is 5.78. The van der Waals surface area contributed by atoms with E-state index in [1.165, 1.54) is 0 Å². The van der Waals surface area contributed by atoms with Gasteiger partial charge in [0, 0.05) is 88.3 Å². The molecule has 0 saturated carbocycles. The largest absolute Gasteiger partial charge is 0.319 e. The maximum atomic E-state index is 10.8. The first-order chi connectivity index (χ1) is 56.4. The molecule has 16 heteroatoms. The molecule has 0 aliphatic carbocycles. The second kappa shape index (κ2) is 28.7. The lowest BCUT2D eigenvalue weighted by molar-refractivity contribution is 1.07. The second-order valence-electron chi connectivity index (χ2n) is 27.4. The van der Waals surface area contributed by atoms with Crippen molar-refractivity contribution in [3.05, 3.63) is 369 Å². The van der Waals surface area contributed by atoms with Crippen LogP contribution in [0.5, 0.6) is 0 Å². The molecule has 16 nitrogen and oxygen atoms in total.